The fourth-order valence-corrected chi connectivity index (χ4v) is 3.07. The van der Waals surface area contributed by atoms with Gasteiger partial charge in [0.1, 0.15) is 0 Å². The molecule has 0 aromatic carbocycles. The van der Waals surface area contributed by atoms with E-state index in [0.717, 1.165) is 50.3 Å². The number of nitrogens with one attached hydrogen (secondary N) is 1. The van der Waals surface area contributed by atoms with Crippen LogP contribution in [0, 0.1) is 6.92 Å². The number of carbonyl (C=O) groups is 1. The zero-order chi connectivity index (χ0) is 13.3. The highest BCUT2D eigenvalue weighted by atomic mass is 16.1. The lowest BCUT2D eigenvalue weighted by molar-refractivity contribution is -0.125. The lowest BCUT2D eigenvalue weighted by atomic mass is 9.80. The minimum absolute atomic E-state index is 0.0382. The van der Waals surface area contributed by atoms with E-state index < -0.39 is 0 Å². The maximum atomic E-state index is 11.6. The summed E-state index contributed by atoms with van der Waals surface area (Å²) in [4.78, 5) is 22.5. The Bertz CT molecular complexity index is 463. The lowest BCUT2D eigenvalue weighted by Crippen LogP contribution is -2.57. The summed E-state index contributed by atoms with van der Waals surface area (Å²) < 4.78 is 0. The molecular formula is C14H20N4O. The van der Waals surface area contributed by atoms with Crippen molar-refractivity contribution in [2.75, 3.05) is 18.0 Å². The van der Waals surface area contributed by atoms with Gasteiger partial charge in [-0.2, -0.15) is 0 Å². The van der Waals surface area contributed by atoms with Gasteiger partial charge in [0.05, 0.1) is 0 Å². The van der Waals surface area contributed by atoms with Gasteiger partial charge in [-0.3, -0.25) is 4.79 Å². The van der Waals surface area contributed by atoms with Crippen LogP contribution in [0.25, 0.3) is 0 Å². The molecule has 5 heteroatoms. The number of aromatic nitrogens is 2. The number of rotatable bonds is 1. The van der Waals surface area contributed by atoms with Gasteiger partial charge in [0.25, 0.3) is 0 Å². The first kappa shape index (κ1) is 12.4. The van der Waals surface area contributed by atoms with Gasteiger partial charge in [0.2, 0.25) is 11.9 Å². The molecule has 1 amide bonds. The molecule has 5 nitrogen and oxygen atoms in total. The van der Waals surface area contributed by atoms with Crippen molar-refractivity contribution < 1.29 is 4.79 Å². The summed E-state index contributed by atoms with van der Waals surface area (Å²) in [7, 11) is 0. The minimum Gasteiger partial charge on any atom is -0.351 e. The number of anilines is 1. The van der Waals surface area contributed by atoms with E-state index in [2.05, 4.69) is 20.2 Å². The Labute approximate surface area is 113 Å². The largest absolute Gasteiger partial charge is 0.351 e. The van der Waals surface area contributed by atoms with Crippen molar-refractivity contribution in [3.05, 3.63) is 18.0 Å². The molecule has 19 heavy (non-hydrogen) atoms. The second-order valence-corrected chi connectivity index (χ2v) is 5.73. The average molecular weight is 260 g/mol. The molecule has 3 heterocycles. The van der Waals surface area contributed by atoms with Gasteiger partial charge in [0.15, 0.2) is 0 Å². The van der Waals surface area contributed by atoms with Crippen LogP contribution >= 0.6 is 0 Å². The first-order valence-corrected chi connectivity index (χ1v) is 7.02. The first-order valence-electron chi connectivity index (χ1n) is 7.02. The van der Waals surface area contributed by atoms with Crippen molar-refractivity contribution in [2.45, 2.75) is 44.6 Å². The van der Waals surface area contributed by atoms with Crippen LogP contribution in [0.2, 0.25) is 0 Å². The van der Waals surface area contributed by atoms with Crippen LogP contribution < -0.4 is 10.2 Å². The topological polar surface area (TPSA) is 58.1 Å². The lowest BCUT2D eigenvalue weighted by Gasteiger charge is -2.44. The molecule has 102 valence electrons. The van der Waals surface area contributed by atoms with Crippen LogP contribution in [0.15, 0.2) is 12.4 Å². The molecule has 0 unspecified atom stereocenters. The van der Waals surface area contributed by atoms with E-state index in [1.807, 2.05) is 19.3 Å². The highest BCUT2D eigenvalue weighted by Gasteiger charge is 2.38. The number of amides is 1. The molecule has 0 atom stereocenters. The van der Waals surface area contributed by atoms with Gasteiger partial charge in [0, 0.05) is 37.4 Å². The van der Waals surface area contributed by atoms with E-state index in [4.69, 9.17) is 0 Å². The zero-order valence-corrected chi connectivity index (χ0v) is 11.4. The van der Waals surface area contributed by atoms with Crippen LogP contribution in [-0.2, 0) is 4.79 Å². The third-order valence-electron chi connectivity index (χ3n) is 4.23. The molecule has 2 saturated heterocycles. The van der Waals surface area contributed by atoms with Crippen molar-refractivity contribution in [1.82, 2.24) is 15.3 Å². The Morgan fingerprint density at radius 2 is 1.89 bits per heavy atom. The first-order chi connectivity index (χ1) is 9.17. The normalized spacial score (nSPS) is 22.4. The van der Waals surface area contributed by atoms with E-state index in [0.29, 0.717) is 6.42 Å². The van der Waals surface area contributed by atoms with Gasteiger partial charge >= 0.3 is 0 Å². The van der Waals surface area contributed by atoms with Crippen molar-refractivity contribution in [3.63, 3.8) is 0 Å². The van der Waals surface area contributed by atoms with Gasteiger partial charge in [-0.25, -0.2) is 9.97 Å². The Hall–Kier alpha value is -1.65. The molecule has 2 aliphatic heterocycles. The molecule has 1 spiro atoms. The fourth-order valence-electron chi connectivity index (χ4n) is 3.07. The molecule has 0 aliphatic carbocycles. The summed E-state index contributed by atoms with van der Waals surface area (Å²) in [5, 5.41) is 3.21. The smallest absolute Gasteiger partial charge is 0.225 e. The second-order valence-electron chi connectivity index (χ2n) is 5.73. The summed E-state index contributed by atoms with van der Waals surface area (Å²) in [6.07, 6.45) is 8.52. The van der Waals surface area contributed by atoms with Crippen LogP contribution in [0.5, 0.6) is 0 Å². The van der Waals surface area contributed by atoms with Crippen molar-refractivity contribution in [1.29, 1.82) is 0 Å². The van der Waals surface area contributed by atoms with Gasteiger partial charge in [-0.15, -0.1) is 0 Å². The Morgan fingerprint density at radius 3 is 2.53 bits per heavy atom. The number of aryl methyl sites for hydroxylation is 1. The number of piperidine rings is 2. The number of carbonyl (C=O) groups excluding carboxylic acids is 1. The molecule has 3 rings (SSSR count). The SMILES string of the molecule is Cc1cnc(N2CCC3(CCCC(=O)N3)CC2)nc1. The zero-order valence-electron chi connectivity index (χ0n) is 11.4. The summed E-state index contributed by atoms with van der Waals surface area (Å²) in [6, 6.07) is 0. The van der Waals surface area contributed by atoms with E-state index >= 15 is 0 Å². The quantitative estimate of drug-likeness (QED) is 0.829. The highest BCUT2D eigenvalue weighted by molar-refractivity contribution is 5.77. The Kier molecular flexibility index (Phi) is 3.12. The van der Waals surface area contributed by atoms with E-state index in [-0.39, 0.29) is 11.4 Å². The Balaban J connectivity index is 1.66. The van der Waals surface area contributed by atoms with Crippen molar-refractivity contribution in [2.24, 2.45) is 0 Å². The molecular weight excluding hydrogens is 240 g/mol. The highest BCUT2D eigenvalue weighted by Crippen LogP contribution is 2.31. The van der Waals surface area contributed by atoms with E-state index in [1.165, 1.54) is 0 Å². The van der Waals surface area contributed by atoms with E-state index in [1.54, 1.807) is 0 Å². The fraction of sp³-hybridized carbons (Fsp3) is 0.643. The van der Waals surface area contributed by atoms with Crippen LogP contribution in [-0.4, -0.2) is 34.5 Å². The molecule has 2 fully saturated rings. The average Bonchev–Trinajstić information content (AvgIpc) is 2.41. The van der Waals surface area contributed by atoms with Gasteiger partial charge in [-0.05, 0) is 38.2 Å². The molecule has 2 aliphatic rings. The predicted octanol–water partition coefficient (Wildman–Crippen LogP) is 1.42. The molecule has 0 radical (unpaired) electrons. The summed E-state index contributed by atoms with van der Waals surface area (Å²) >= 11 is 0. The third kappa shape index (κ3) is 2.55. The number of hydrogen-bond acceptors (Lipinski definition) is 4. The van der Waals surface area contributed by atoms with Crippen LogP contribution in [0.4, 0.5) is 5.95 Å². The van der Waals surface area contributed by atoms with Crippen LogP contribution in [0.3, 0.4) is 0 Å². The predicted molar refractivity (Wildman–Crippen MR) is 72.9 cm³/mol. The maximum absolute atomic E-state index is 11.6. The number of hydrogen-bond donors (Lipinski definition) is 1. The second kappa shape index (κ2) is 4.79. The molecule has 1 N–H and O–H groups in total. The summed E-state index contributed by atoms with van der Waals surface area (Å²) in [6.45, 7) is 3.83. The van der Waals surface area contributed by atoms with E-state index in [9.17, 15) is 4.79 Å². The molecule has 0 bridgehead atoms. The standard InChI is InChI=1S/C14H20N4O/c1-11-9-15-13(16-10-11)18-7-5-14(6-8-18)4-2-3-12(19)17-14/h9-10H,2-8H2,1H3,(H,17,19). The number of nitrogens with zero attached hydrogens (tertiary/aromatic N) is 3. The van der Waals surface area contributed by atoms with Gasteiger partial charge < -0.3 is 10.2 Å². The molecule has 1 aromatic heterocycles. The third-order valence-corrected chi connectivity index (χ3v) is 4.23. The summed E-state index contributed by atoms with van der Waals surface area (Å²) in [5.41, 5.74) is 1.12. The van der Waals surface area contributed by atoms with Gasteiger partial charge in [-0.1, -0.05) is 0 Å². The van der Waals surface area contributed by atoms with Crippen LogP contribution in [0.1, 0.15) is 37.7 Å². The monoisotopic (exact) mass is 260 g/mol. The molecule has 1 aromatic rings. The van der Waals surface area contributed by atoms with Crippen molar-refractivity contribution in [3.8, 4) is 0 Å². The maximum Gasteiger partial charge on any atom is 0.225 e. The minimum atomic E-state index is 0.0382. The summed E-state index contributed by atoms with van der Waals surface area (Å²) in [5.74, 6) is 1.02. The van der Waals surface area contributed by atoms with Crippen molar-refractivity contribution >= 4 is 11.9 Å². The molecule has 0 saturated carbocycles. The Morgan fingerprint density at radius 1 is 1.21 bits per heavy atom.